The fourth-order valence-electron chi connectivity index (χ4n) is 1.63. The van der Waals surface area contributed by atoms with Crippen LogP contribution in [0.2, 0.25) is 5.15 Å². The Morgan fingerprint density at radius 2 is 2.07 bits per heavy atom. The normalized spacial score (nSPS) is 13.7. The lowest BCUT2D eigenvalue weighted by atomic mass is 9.89. The molecule has 0 aliphatic heterocycles. The molecule has 3 nitrogen and oxygen atoms in total. The Hall–Kier alpha value is -0.830. The van der Waals surface area contributed by atoms with E-state index < -0.39 is 0 Å². The predicted octanol–water partition coefficient (Wildman–Crippen LogP) is 3.37. The van der Waals surface area contributed by atoms with Crippen molar-refractivity contribution in [3.63, 3.8) is 0 Å². The Balaban J connectivity index is 2.55. The van der Waals surface area contributed by atoms with Crippen molar-refractivity contribution in [3.05, 3.63) is 17.5 Å². The van der Waals surface area contributed by atoms with Gasteiger partial charge in [0.05, 0.1) is 0 Å². The second-order valence-electron chi connectivity index (χ2n) is 5.04. The van der Waals surface area contributed by atoms with Crippen LogP contribution in [0.1, 0.15) is 34.1 Å². The van der Waals surface area contributed by atoms with E-state index in [4.69, 9.17) is 11.6 Å². The number of hydrogen-bond acceptors (Lipinski definition) is 3. The molecule has 0 fully saturated rings. The van der Waals surface area contributed by atoms with Crippen LogP contribution in [0, 0.1) is 5.41 Å². The summed E-state index contributed by atoms with van der Waals surface area (Å²) in [5.74, 6) is 0.784. The molecule has 15 heavy (non-hydrogen) atoms. The second-order valence-corrected chi connectivity index (χ2v) is 5.42. The average Bonchev–Trinajstić information content (AvgIpc) is 1.99. The molecule has 1 rings (SSSR count). The van der Waals surface area contributed by atoms with Gasteiger partial charge < -0.3 is 5.32 Å². The number of nitrogens with one attached hydrogen (secondary N) is 1. The first-order valence-corrected chi connectivity index (χ1v) is 5.49. The number of halogens is 1. The minimum Gasteiger partial charge on any atom is -0.367 e. The van der Waals surface area contributed by atoms with Gasteiger partial charge in [-0.2, -0.15) is 0 Å². The fourth-order valence-corrected chi connectivity index (χ4v) is 1.78. The molecule has 0 saturated heterocycles. The van der Waals surface area contributed by atoms with Crippen LogP contribution in [0.5, 0.6) is 0 Å². The third kappa shape index (κ3) is 4.98. The maximum atomic E-state index is 5.77. The van der Waals surface area contributed by atoms with Gasteiger partial charge in [-0.1, -0.05) is 32.4 Å². The molecule has 1 heterocycles. The Bertz CT molecular complexity index is 320. The first-order valence-electron chi connectivity index (χ1n) is 5.11. The van der Waals surface area contributed by atoms with Crippen molar-refractivity contribution >= 4 is 17.4 Å². The lowest BCUT2D eigenvalue weighted by Gasteiger charge is -2.24. The molecule has 1 aromatic rings. The molecule has 0 spiro atoms. The molecule has 4 heteroatoms. The van der Waals surface area contributed by atoms with E-state index in [0.717, 1.165) is 12.2 Å². The van der Waals surface area contributed by atoms with Crippen molar-refractivity contribution in [2.45, 2.75) is 40.2 Å². The van der Waals surface area contributed by atoms with Gasteiger partial charge in [-0.3, -0.25) is 0 Å². The molecule has 0 aliphatic rings. The van der Waals surface area contributed by atoms with E-state index in [1.807, 2.05) is 0 Å². The van der Waals surface area contributed by atoms with Crippen molar-refractivity contribution in [1.29, 1.82) is 0 Å². The Kier molecular flexibility index (Phi) is 3.91. The number of hydrogen-bond donors (Lipinski definition) is 1. The van der Waals surface area contributed by atoms with Gasteiger partial charge in [-0.05, 0) is 18.8 Å². The summed E-state index contributed by atoms with van der Waals surface area (Å²) in [5, 5.41) is 3.77. The van der Waals surface area contributed by atoms with Gasteiger partial charge in [-0.25, -0.2) is 9.97 Å². The SMILES string of the molecule is CC(CC(C)(C)C)Nc1cc(Cl)ncn1. The summed E-state index contributed by atoms with van der Waals surface area (Å²) in [4.78, 5) is 7.94. The van der Waals surface area contributed by atoms with E-state index in [-0.39, 0.29) is 0 Å². The summed E-state index contributed by atoms with van der Waals surface area (Å²) in [7, 11) is 0. The molecule has 1 atom stereocenters. The molecular formula is C11H18ClN3. The molecule has 84 valence electrons. The van der Waals surface area contributed by atoms with Crippen LogP contribution >= 0.6 is 11.6 Å². The number of nitrogens with zero attached hydrogens (tertiary/aromatic N) is 2. The Morgan fingerprint density at radius 1 is 1.40 bits per heavy atom. The van der Waals surface area contributed by atoms with Gasteiger partial charge in [-0.15, -0.1) is 0 Å². The summed E-state index contributed by atoms with van der Waals surface area (Å²) in [6, 6.07) is 2.11. The van der Waals surface area contributed by atoms with E-state index >= 15 is 0 Å². The third-order valence-corrected chi connectivity index (χ3v) is 2.15. The highest BCUT2D eigenvalue weighted by Crippen LogP contribution is 2.22. The molecule has 0 aromatic carbocycles. The fraction of sp³-hybridized carbons (Fsp3) is 0.636. The van der Waals surface area contributed by atoms with Crippen LogP contribution in [-0.2, 0) is 0 Å². The number of anilines is 1. The molecular weight excluding hydrogens is 210 g/mol. The van der Waals surface area contributed by atoms with E-state index in [9.17, 15) is 0 Å². The molecule has 0 bridgehead atoms. The number of aromatic nitrogens is 2. The van der Waals surface area contributed by atoms with Crippen LogP contribution in [0.25, 0.3) is 0 Å². The monoisotopic (exact) mass is 227 g/mol. The largest absolute Gasteiger partial charge is 0.367 e. The van der Waals surface area contributed by atoms with Crippen molar-refractivity contribution in [3.8, 4) is 0 Å². The predicted molar refractivity (Wildman–Crippen MR) is 64.2 cm³/mol. The zero-order valence-electron chi connectivity index (χ0n) is 9.71. The van der Waals surface area contributed by atoms with Crippen molar-refractivity contribution in [2.24, 2.45) is 5.41 Å². The van der Waals surface area contributed by atoms with Crippen LogP contribution in [0.3, 0.4) is 0 Å². The van der Waals surface area contributed by atoms with E-state index in [2.05, 4.69) is 43.0 Å². The summed E-state index contributed by atoms with van der Waals surface area (Å²) >= 11 is 5.77. The van der Waals surface area contributed by atoms with Gasteiger partial charge >= 0.3 is 0 Å². The van der Waals surface area contributed by atoms with E-state index in [1.165, 1.54) is 6.33 Å². The maximum Gasteiger partial charge on any atom is 0.134 e. The summed E-state index contributed by atoms with van der Waals surface area (Å²) in [5.41, 5.74) is 0.309. The van der Waals surface area contributed by atoms with E-state index in [1.54, 1.807) is 6.07 Å². The van der Waals surface area contributed by atoms with Crippen LogP contribution in [0.4, 0.5) is 5.82 Å². The highest BCUT2D eigenvalue weighted by Gasteiger charge is 2.15. The highest BCUT2D eigenvalue weighted by atomic mass is 35.5. The van der Waals surface area contributed by atoms with Crippen LogP contribution in [-0.4, -0.2) is 16.0 Å². The van der Waals surface area contributed by atoms with Crippen molar-refractivity contribution in [2.75, 3.05) is 5.32 Å². The van der Waals surface area contributed by atoms with Gasteiger partial charge in [0.25, 0.3) is 0 Å². The molecule has 0 amide bonds. The second kappa shape index (κ2) is 4.79. The standard InChI is InChI=1S/C11H18ClN3/c1-8(6-11(2,3)4)15-10-5-9(12)13-7-14-10/h5,7-8H,6H2,1-4H3,(H,13,14,15). The Labute approximate surface area is 96.3 Å². The Morgan fingerprint density at radius 3 is 2.60 bits per heavy atom. The third-order valence-electron chi connectivity index (χ3n) is 1.95. The lowest BCUT2D eigenvalue weighted by molar-refractivity contribution is 0.357. The maximum absolute atomic E-state index is 5.77. The molecule has 0 radical (unpaired) electrons. The zero-order valence-corrected chi connectivity index (χ0v) is 10.5. The highest BCUT2D eigenvalue weighted by molar-refractivity contribution is 6.29. The van der Waals surface area contributed by atoms with E-state index in [0.29, 0.717) is 16.6 Å². The van der Waals surface area contributed by atoms with Crippen LogP contribution in [0.15, 0.2) is 12.4 Å². The van der Waals surface area contributed by atoms with Crippen LogP contribution < -0.4 is 5.32 Å². The zero-order chi connectivity index (χ0) is 11.5. The van der Waals surface area contributed by atoms with Gasteiger partial charge in [0.15, 0.2) is 0 Å². The number of rotatable bonds is 3. The molecule has 0 aliphatic carbocycles. The molecule has 0 saturated carbocycles. The minimum absolute atomic E-state index is 0.309. The molecule has 1 aromatic heterocycles. The molecule has 1 unspecified atom stereocenters. The van der Waals surface area contributed by atoms with Crippen molar-refractivity contribution < 1.29 is 0 Å². The molecule has 1 N–H and O–H groups in total. The first-order chi connectivity index (χ1) is 6.87. The van der Waals surface area contributed by atoms with Gasteiger partial charge in [0, 0.05) is 12.1 Å². The summed E-state index contributed by atoms with van der Waals surface area (Å²) in [6.45, 7) is 8.80. The topological polar surface area (TPSA) is 37.8 Å². The lowest BCUT2D eigenvalue weighted by Crippen LogP contribution is -2.22. The van der Waals surface area contributed by atoms with Gasteiger partial charge in [0.2, 0.25) is 0 Å². The average molecular weight is 228 g/mol. The summed E-state index contributed by atoms with van der Waals surface area (Å²) in [6.07, 6.45) is 2.54. The van der Waals surface area contributed by atoms with Gasteiger partial charge in [0.1, 0.15) is 17.3 Å². The van der Waals surface area contributed by atoms with Crippen molar-refractivity contribution in [1.82, 2.24) is 9.97 Å². The first kappa shape index (κ1) is 12.2. The summed E-state index contributed by atoms with van der Waals surface area (Å²) < 4.78 is 0. The smallest absolute Gasteiger partial charge is 0.134 e. The minimum atomic E-state index is 0.309. The quantitative estimate of drug-likeness (QED) is 0.805.